The lowest BCUT2D eigenvalue weighted by atomic mass is 10.2. The number of amides is 1. The third-order valence-corrected chi connectivity index (χ3v) is 3.73. The quantitative estimate of drug-likeness (QED) is 0.690. The van der Waals surface area contributed by atoms with Crippen LogP contribution in [0.4, 0.5) is 5.69 Å². The number of halogens is 1. The first-order chi connectivity index (χ1) is 8.70. The largest absolute Gasteiger partial charge is 0.322 e. The Labute approximate surface area is 118 Å². The van der Waals surface area contributed by atoms with Crippen molar-refractivity contribution in [2.45, 2.75) is 4.90 Å². The summed E-state index contributed by atoms with van der Waals surface area (Å²) in [4.78, 5) is 17.2. The molecule has 0 atom stereocenters. The van der Waals surface area contributed by atoms with Crippen molar-refractivity contribution in [1.29, 1.82) is 0 Å². The summed E-state index contributed by atoms with van der Waals surface area (Å²) in [6, 6.07) is 11.2. The highest BCUT2D eigenvalue weighted by Gasteiger charge is 2.10. The number of nitrogens with one attached hydrogen (secondary N) is 1. The van der Waals surface area contributed by atoms with Crippen LogP contribution >= 0.6 is 27.7 Å². The minimum Gasteiger partial charge on any atom is -0.322 e. The lowest BCUT2D eigenvalue weighted by Gasteiger charge is -2.06. The molecule has 1 N–H and O–H groups in total. The molecule has 0 aliphatic carbocycles. The van der Waals surface area contributed by atoms with Crippen LogP contribution in [0.3, 0.4) is 0 Å². The summed E-state index contributed by atoms with van der Waals surface area (Å²) in [6.07, 6.45) is 3.65. The number of aromatic nitrogens is 1. The second kappa shape index (κ2) is 6.02. The molecule has 92 valence electrons. The van der Waals surface area contributed by atoms with Gasteiger partial charge in [0.2, 0.25) is 0 Å². The molecule has 3 nitrogen and oxygen atoms in total. The maximum absolute atomic E-state index is 12.0. The Morgan fingerprint density at radius 2 is 2.00 bits per heavy atom. The molecule has 0 saturated carbocycles. The second-order valence-corrected chi connectivity index (χ2v) is 5.16. The molecule has 0 aliphatic heterocycles. The Morgan fingerprint density at radius 1 is 1.28 bits per heavy atom. The van der Waals surface area contributed by atoms with E-state index in [2.05, 4.69) is 26.2 Å². The molecule has 5 heteroatoms. The molecule has 0 radical (unpaired) electrons. The molecule has 1 heterocycles. The van der Waals surface area contributed by atoms with E-state index in [1.54, 1.807) is 30.1 Å². The molecule has 0 saturated heterocycles. The van der Waals surface area contributed by atoms with E-state index in [1.165, 1.54) is 0 Å². The van der Waals surface area contributed by atoms with E-state index in [0.717, 1.165) is 10.6 Å². The van der Waals surface area contributed by atoms with Crippen molar-refractivity contribution >= 4 is 39.3 Å². The number of hydrogen-bond donors (Lipinski definition) is 1. The van der Waals surface area contributed by atoms with Crippen molar-refractivity contribution in [1.82, 2.24) is 4.98 Å². The minimum atomic E-state index is -0.174. The van der Waals surface area contributed by atoms with Crippen molar-refractivity contribution in [3.63, 3.8) is 0 Å². The normalized spacial score (nSPS) is 10.1. The van der Waals surface area contributed by atoms with Gasteiger partial charge in [-0.1, -0.05) is 0 Å². The summed E-state index contributed by atoms with van der Waals surface area (Å²) in [5.41, 5.74) is 1.29. The fourth-order valence-corrected chi connectivity index (χ4v) is 2.27. The van der Waals surface area contributed by atoms with Gasteiger partial charge in [0, 0.05) is 16.8 Å². The number of carbonyl (C=O) groups excluding carboxylic acids is 1. The van der Waals surface area contributed by atoms with Gasteiger partial charge in [0.05, 0.1) is 5.56 Å². The predicted molar refractivity (Wildman–Crippen MR) is 78.1 cm³/mol. The standard InChI is InChI=1S/C13H11BrN2OS/c1-18-10-6-4-9(5-7-10)16-13(17)11-3-2-8-15-12(11)14/h2-8H,1H3,(H,16,17). The highest BCUT2D eigenvalue weighted by molar-refractivity contribution is 9.10. The van der Waals surface area contributed by atoms with Gasteiger partial charge in [0.25, 0.3) is 5.91 Å². The Morgan fingerprint density at radius 3 is 2.61 bits per heavy atom. The summed E-state index contributed by atoms with van der Waals surface area (Å²) in [6.45, 7) is 0. The second-order valence-electron chi connectivity index (χ2n) is 3.52. The Balaban J connectivity index is 2.14. The Bertz CT molecular complexity index is 557. The average molecular weight is 323 g/mol. The fraction of sp³-hybridized carbons (Fsp3) is 0.0769. The van der Waals surface area contributed by atoms with E-state index in [4.69, 9.17) is 0 Å². The highest BCUT2D eigenvalue weighted by Crippen LogP contribution is 2.19. The molecule has 0 spiro atoms. The van der Waals surface area contributed by atoms with Gasteiger partial charge in [-0.15, -0.1) is 11.8 Å². The molecule has 0 bridgehead atoms. The summed E-state index contributed by atoms with van der Waals surface area (Å²) in [5.74, 6) is -0.174. The molecule has 18 heavy (non-hydrogen) atoms. The Hall–Kier alpha value is -1.33. The number of nitrogens with zero attached hydrogens (tertiary/aromatic N) is 1. The first-order valence-electron chi connectivity index (χ1n) is 5.26. The van der Waals surface area contributed by atoms with Crippen LogP contribution < -0.4 is 5.32 Å². The molecule has 0 aliphatic rings. The first-order valence-corrected chi connectivity index (χ1v) is 7.28. The van der Waals surface area contributed by atoms with Crippen LogP contribution in [0, 0.1) is 0 Å². The number of benzene rings is 1. The maximum atomic E-state index is 12.0. The number of rotatable bonds is 3. The lowest BCUT2D eigenvalue weighted by molar-refractivity contribution is 0.102. The monoisotopic (exact) mass is 322 g/mol. The van der Waals surface area contributed by atoms with E-state index >= 15 is 0 Å². The molecule has 0 fully saturated rings. The van der Waals surface area contributed by atoms with Crippen molar-refractivity contribution in [2.24, 2.45) is 0 Å². The van der Waals surface area contributed by atoms with E-state index < -0.39 is 0 Å². The SMILES string of the molecule is CSc1ccc(NC(=O)c2cccnc2Br)cc1. The Kier molecular flexibility index (Phi) is 4.38. The van der Waals surface area contributed by atoms with Crippen LogP contribution in [0.5, 0.6) is 0 Å². The molecular weight excluding hydrogens is 312 g/mol. The third-order valence-electron chi connectivity index (χ3n) is 2.35. The number of anilines is 1. The van der Waals surface area contributed by atoms with Crippen LogP contribution in [-0.4, -0.2) is 17.1 Å². The predicted octanol–water partition coefficient (Wildman–Crippen LogP) is 3.82. The summed E-state index contributed by atoms with van der Waals surface area (Å²) >= 11 is 4.92. The van der Waals surface area contributed by atoms with Crippen molar-refractivity contribution < 1.29 is 4.79 Å². The van der Waals surface area contributed by atoms with Crippen LogP contribution in [0.2, 0.25) is 0 Å². The van der Waals surface area contributed by atoms with Gasteiger partial charge in [0.15, 0.2) is 0 Å². The molecule has 2 aromatic rings. The van der Waals surface area contributed by atoms with Crippen molar-refractivity contribution in [3.05, 3.63) is 52.8 Å². The zero-order valence-corrected chi connectivity index (χ0v) is 12.1. The van der Waals surface area contributed by atoms with E-state index in [-0.39, 0.29) is 5.91 Å². The summed E-state index contributed by atoms with van der Waals surface area (Å²) < 4.78 is 0.545. The average Bonchev–Trinajstić information content (AvgIpc) is 2.40. The smallest absolute Gasteiger partial charge is 0.258 e. The zero-order chi connectivity index (χ0) is 13.0. The van der Waals surface area contributed by atoms with Crippen LogP contribution in [0.1, 0.15) is 10.4 Å². The van der Waals surface area contributed by atoms with Gasteiger partial charge in [0.1, 0.15) is 4.60 Å². The molecule has 2 rings (SSSR count). The molecule has 1 amide bonds. The first kappa shape index (κ1) is 13.1. The van der Waals surface area contributed by atoms with Crippen LogP contribution in [-0.2, 0) is 0 Å². The number of carbonyl (C=O) groups is 1. The maximum Gasteiger partial charge on any atom is 0.258 e. The molecule has 1 aromatic heterocycles. The molecular formula is C13H11BrN2OS. The molecule has 0 unspecified atom stereocenters. The summed E-state index contributed by atoms with van der Waals surface area (Å²) in [7, 11) is 0. The van der Waals surface area contributed by atoms with Gasteiger partial charge in [-0.05, 0) is 58.6 Å². The van der Waals surface area contributed by atoms with Gasteiger partial charge in [-0.3, -0.25) is 4.79 Å². The van der Waals surface area contributed by atoms with Crippen molar-refractivity contribution in [3.8, 4) is 0 Å². The van der Waals surface area contributed by atoms with Gasteiger partial charge < -0.3 is 5.32 Å². The van der Waals surface area contributed by atoms with Crippen molar-refractivity contribution in [2.75, 3.05) is 11.6 Å². The van der Waals surface area contributed by atoms with E-state index in [0.29, 0.717) is 10.2 Å². The van der Waals surface area contributed by atoms with E-state index in [9.17, 15) is 4.79 Å². The zero-order valence-electron chi connectivity index (χ0n) is 9.68. The third kappa shape index (κ3) is 3.11. The van der Waals surface area contributed by atoms with Crippen LogP contribution in [0.25, 0.3) is 0 Å². The summed E-state index contributed by atoms with van der Waals surface area (Å²) in [5, 5.41) is 2.83. The lowest BCUT2D eigenvalue weighted by Crippen LogP contribution is -2.12. The molecule has 1 aromatic carbocycles. The number of pyridine rings is 1. The van der Waals surface area contributed by atoms with Crippen LogP contribution in [0.15, 0.2) is 52.1 Å². The topological polar surface area (TPSA) is 42.0 Å². The van der Waals surface area contributed by atoms with Gasteiger partial charge >= 0.3 is 0 Å². The van der Waals surface area contributed by atoms with Gasteiger partial charge in [-0.2, -0.15) is 0 Å². The fourth-order valence-electron chi connectivity index (χ4n) is 1.43. The minimum absolute atomic E-state index is 0.174. The number of thioether (sulfide) groups is 1. The van der Waals surface area contributed by atoms with E-state index in [1.807, 2.05) is 30.5 Å². The highest BCUT2D eigenvalue weighted by atomic mass is 79.9. The van der Waals surface area contributed by atoms with Gasteiger partial charge in [-0.25, -0.2) is 4.98 Å². The number of hydrogen-bond acceptors (Lipinski definition) is 3.